The van der Waals surface area contributed by atoms with Gasteiger partial charge in [0.1, 0.15) is 24.5 Å². The minimum absolute atomic E-state index is 0.0777. The van der Waals surface area contributed by atoms with Gasteiger partial charge in [-0.3, -0.25) is 4.79 Å². The van der Waals surface area contributed by atoms with E-state index in [9.17, 15) is 9.18 Å². The van der Waals surface area contributed by atoms with E-state index in [-0.39, 0.29) is 24.2 Å². The molecule has 30 heavy (non-hydrogen) atoms. The van der Waals surface area contributed by atoms with Crippen molar-refractivity contribution in [3.05, 3.63) is 41.6 Å². The second-order valence-electron chi connectivity index (χ2n) is 7.34. The first-order valence-electron chi connectivity index (χ1n) is 9.97. The number of carbonyl (C=O) groups excluding carboxylic acids is 1. The van der Waals surface area contributed by atoms with E-state index in [1.54, 1.807) is 16.7 Å². The number of aromatic nitrogens is 4. The molecule has 1 aliphatic heterocycles. The molecular weight excluding hydrogens is 391 g/mol. The van der Waals surface area contributed by atoms with Crippen molar-refractivity contribution in [3.8, 4) is 11.5 Å². The predicted molar refractivity (Wildman–Crippen MR) is 105 cm³/mol. The van der Waals surface area contributed by atoms with Gasteiger partial charge in [0.05, 0.1) is 19.3 Å². The number of anilines is 1. The van der Waals surface area contributed by atoms with Crippen LogP contribution in [-0.4, -0.2) is 45.2 Å². The van der Waals surface area contributed by atoms with Crippen LogP contribution in [0.3, 0.4) is 0 Å². The van der Waals surface area contributed by atoms with Crippen LogP contribution >= 0.6 is 0 Å². The van der Waals surface area contributed by atoms with Gasteiger partial charge in [-0.25, -0.2) is 13.8 Å². The summed E-state index contributed by atoms with van der Waals surface area (Å²) in [6, 6.07) is 3.08. The van der Waals surface area contributed by atoms with Crippen LogP contribution in [0.4, 0.5) is 10.3 Å². The van der Waals surface area contributed by atoms with Gasteiger partial charge in [0.15, 0.2) is 5.75 Å². The Hall–Kier alpha value is -3.43. The van der Waals surface area contributed by atoms with Gasteiger partial charge in [0, 0.05) is 30.0 Å². The zero-order chi connectivity index (χ0) is 20.5. The molecule has 0 unspecified atom stereocenters. The Kier molecular flexibility index (Phi) is 4.82. The molecule has 5 rings (SSSR count). The molecule has 0 radical (unpaired) electrons. The van der Waals surface area contributed by atoms with Gasteiger partial charge < -0.3 is 20.1 Å². The summed E-state index contributed by atoms with van der Waals surface area (Å²) in [5.74, 6) is 1.63. The number of rotatable bonds is 8. The SMILES string of the molecule is O=C(NCCOc1cnc(NCc2c(F)ccc3c2CCO3)n2cnnc12)C1CC1. The Bertz CT molecular complexity index is 1100. The Labute approximate surface area is 171 Å². The highest BCUT2D eigenvalue weighted by atomic mass is 19.1. The first-order chi connectivity index (χ1) is 14.7. The lowest BCUT2D eigenvalue weighted by Crippen LogP contribution is -2.29. The van der Waals surface area contributed by atoms with Crippen molar-refractivity contribution in [3.63, 3.8) is 0 Å². The van der Waals surface area contributed by atoms with E-state index in [0.717, 1.165) is 24.2 Å². The summed E-state index contributed by atoms with van der Waals surface area (Å²) < 4.78 is 27.2. The van der Waals surface area contributed by atoms with E-state index < -0.39 is 0 Å². The lowest BCUT2D eigenvalue weighted by Gasteiger charge is -2.13. The molecule has 0 bridgehead atoms. The van der Waals surface area contributed by atoms with Crippen molar-refractivity contribution in [2.24, 2.45) is 5.92 Å². The molecule has 1 aromatic carbocycles. The number of nitrogens with one attached hydrogen (secondary N) is 2. The summed E-state index contributed by atoms with van der Waals surface area (Å²) in [5.41, 5.74) is 1.94. The molecule has 1 amide bonds. The number of halogens is 1. The number of amides is 1. The molecule has 3 heterocycles. The van der Waals surface area contributed by atoms with Gasteiger partial charge in [0.25, 0.3) is 0 Å². The van der Waals surface area contributed by atoms with E-state index in [0.29, 0.717) is 49.1 Å². The number of carbonyl (C=O) groups is 1. The van der Waals surface area contributed by atoms with Crippen molar-refractivity contribution in [1.29, 1.82) is 0 Å². The highest BCUT2D eigenvalue weighted by Gasteiger charge is 2.29. The van der Waals surface area contributed by atoms with E-state index in [4.69, 9.17) is 9.47 Å². The van der Waals surface area contributed by atoms with Crippen LogP contribution in [0.5, 0.6) is 11.5 Å². The molecule has 1 saturated carbocycles. The first kappa shape index (κ1) is 18.6. The maximum absolute atomic E-state index is 14.4. The zero-order valence-corrected chi connectivity index (χ0v) is 16.2. The van der Waals surface area contributed by atoms with E-state index >= 15 is 0 Å². The molecule has 0 saturated heterocycles. The minimum atomic E-state index is -0.278. The molecule has 2 aromatic heterocycles. The lowest BCUT2D eigenvalue weighted by molar-refractivity contribution is -0.122. The van der Waals surface area contributed by atoms with E-state index in [1.165, 1.54) is 12.4 Å². The van der Waals surface area contributed by atoms with Crippen LogP contribution in [0.15, 0.2) is 24.7 Å². The van der Waals surface area contributed by atoms with Crippen LogP contribution in [0.1, 0.15) is 24.0 Å². The summed E-state index contributed by atoms with van der Waals surface area (Å²) in [6.45, 7) is 1.53. The molecule has 10 heteroatoms. The average Bonchev–Trinajstić information content (AvgIpc) is 3.29. The van der Waals surface area contributed by atoms with Gasteiger partial charge in [-0.15, -0.1) is 10.2 Å². The molecule has 2 aliphatic rings. The van der Waals surface area contributed by atoms with Crippen LogP contribution in [0.2, 0.25) is 0 Å². The largest absolute Gasteiger partial charge is 0.493 e. The van der Waals surface area contributed by atoms with Crippen LogP contribution in [0, 0.1) is 11.7 Å². The van der Waals surface area contributed by atoms with Gasteiger partial charge in [-0.2, -0.15) is 0 Å². The molecule has 9 nitrogen and oxygen atoms in total. The standard InChI is InChI=1S/C20H21FN6O3/c21-15-3-4-16-13(5-7-29-16)14(15)9-23-20-24-10-17(18-26-25-11-27(18)20)30-8-6-22-19(28)12-1-2-12/h3-4,10-12H,1-2,5-9H2,(H,22,28)(H,23,24). The summed E-state index contributed by atoms with van der Waals surface area (Å²) in [5, 5.41) is 14.0. The molecule has 156 valence electrons. The monoisotopic (exact) mass is 412 g/mol. The normalized spacial score (nSPS) is 15.0. The lowest BCUT2D eigenvalue weighted by atomic mass is 10.0. The maximum Gasteiger partial charge on any atom is 0.223 e. The minimum Gasteiger partial charge on any atom is -0.493 e. The van der Waals surface area contributed by atoms with Crippen molar-refractivity contribution < 1.29 is 18.7 Å². The third-order valence-corrected chi connectivity index (χ3v) is 5.27. The van der Waals surface area contributed by atoms with Crippen molar-refractivity contribution in [1.82, 2.24) is 24.9 Å². The fourth-order valence-electron chi connectivity index (χ4n) is 3.53. The predicted octanol–water partition coefficient (Wildman–Crippen LogP) is 1.72. The molecule has 3 aromatic rings. The summed E-state index contributed by atoms with van der Waals surface area (Å²) in [4.78, 5) is 16.0. The maximum atomic E-state index is 14.4. The van der Waals surface area contributed by atoms with Crippen LogP contribution in [-0.2, 0) is 17.8 Å². The quantitative estimate of drug-likeness (QED) is 0.543. The highest BCUT2D eigenvalue weighted by Crippen LogP contribution is 2.31. The number of hydrogen-bond donors (Lipinski definition) is 2. The summed E-state index contributed by atoms with van der Waals surface area (Å²) >= 11 is 0. The number of fused-ring (bicyclic) bond motifs is 2. The number of ether oxygens (including phenoxy) is 2. The zero-order valence-electron chi connectivity index (χ0n) is 16.2. The summed E-state index contributed by atoms with van der Waals surface area (Å²) in [7, 11) is 0. The highest BCUT2D eigenvalue weighted by molar-refractivity contribution is 5.80. The number of benzene rings is 1. The Morgan fingerprint density at radius 3 is 3.13 bits per heavy atom. The van der Waals surface area contributed by atoms with Gasteiger partial charge in [-0.1, -0.05) is 0 Å². The molecule has 1 aliphatic carbocycles. The number of hydrogen-bond acceptors (Lipinski definition) is 7. The van der Waals surface area contributed by atoms with Crippen molar-refractivity contribution in [2.45, 2.75) is 25.8 Å². The second kappa shape index (κ2) is 7.77. The molecule has 0 spiro atoms. The Morgan fingerprint density at radius 1 is 1.37 bits per heavy atom. The van der Waals surface area contributed by atoms with Gasteiger partial charge >= 0.3 is 0 Å². The van der Waals surface area contributed by atoms with E-state index in [1.807, 2.05) is 0 Å². The summed E-state index contributed by atoms with van der Waals surface area (Å²) in [6.07, 6.45) is 5.68. The van der Waals surface area contributed by atoms with Crippen molar-refractivity contribution in [2.75, 3.05) is 25.1 Å². The fourth-order valence-corrected chi connectivity index (χ4v) is 3.53. The number of nitrogens with zero attached hydrogens (tertiary/aromatic N) is 4. The van der Waals surface area contributed by atoms with Gasteiger partial charge in [0.2, 0.25) is 17.5 Å². The fraction of sp³-hybridized carbons (Fsp3) is 0.400. The average molecular weight is 412 g/mol. The first-order valence-corrected chi connectivity index (χ1v) is 9.97. The smallest absolute Gasteiger partial charge is 0.223 e. The van der Waals surface area contributed by atoms with Crippen LogP contribution < -0.4 is 20.1 Å². The topological polar surface area (TPSA) is 103 Å². The molecular formula is C20H21FN6O3. The molecule has 0 atom stereocenters. The van der Waals surface area contributed by atoms with Crippen molar-refractivity contribution >= 4 is 17.5 Å². The third kappa shape index (κ3) is 3.60. The van der Waals surface area contributed by atoms with Crippen LogP contribution in [0.25, 0.3) is 5.65 Å². The molecule has 1 fully saturated rings. The Balaban J connectivity index is 1.26. The second-order valence-corrected chi connectivity index (χ2v) is 7.34. The molecule has 2 N–H and O–H groups in total. The third-order valence-electron chi connectivity index (χ3n) is 5.27. The Morgan fingerprint density at radius 2 is 2.27 bits per heavy atom. The van der Waals surface area contributed by atoms with E-state index in [2.05, 4.69) is 25.8 Å². The van der Waals surface area contributed by atoms with Gasteiger partial charge in [-0.05, 0) is 25.0 Å².